The highest BCUT2D eigenvalue weighted by Crippen LogP contribution is 2.12. The zero-order valence-corrected chi connectivity index (χ0v) is 15.3. The van der Waals surface area contributed by atoms with Gasteiger partial charge in [-0.25, -0.2) is 4.98 Å². The van der Waals surface area contributed by atoms with E-state index in [1.807, 2.05) is 60.7 Å². The van der Waals surface area contributed by atoms with Gasteiger partial charge in [0.25, 0.3) is 5.91 Å². The third-order valence-corrected chi connectivity index (χ3v) is 3.83. The molecule has 3 rings (SSSR count). The van der Waals surface area contributed by atoms with Gasteiger partial charge in [-0.3, -0.25) is 9.59 Å². The number of nitrogens with zero attached hydrogens (tertiary/aromatic N) is 2. The largest absolute Gasteiger partial charge is 0.389 e. The van der Waals surface area contributed by atoms with Crippen LogP contribution in [0.5, 0.6) is 0 Å². The highest BCUT2D eigenvalue weighted by atomic mass is 16.6. The second-order valence-corrected chi connectivity index (χ2v) is 5.97. The zero-order chi connectivity index (χ0) is 19.8. The van der Waals surface area contributed by atoms with Crippen molar-refractivity contribution in [3.05, 3.63) is 95.7 Å². The minimum Gasteiger partial charge on any atom is -0.389 e. The van der Waals surface area contributed by atoms with Crippen LogP contribution in [0.4, 0.5) is 5.82 Å². The van der Waals surface area contributed by atoms with Crippen LogP contribution in [0.3, 0.4) is 0 Å². The fourth-order valence-electron chi connectivity index (χ4n) is 2.46. The van der Waals surface area contributed by atoms with Crippen LogP contribution in [0, 0.1) is 0 Å². The summed E-state index contributed by atoms with van der Waals surface area (Å²) in [5.41, 5.74) is 3.15. The predicted octanol–water partition coefficient (Wildman–Crippen LogP) is 3.58. The summed E-state index contributed by atoms with van der Waals surface area (Å²) in [6, 6.07) is 24.6. The molecule has 0 radical (unpaired) electrons. The molecule has 0 aliphatic carbocycles. The fraction of sp³-hybridized carbons (Fsp3) is 0.0909. The Labute approximate surface area is 162 Å². The molecule has 1 amide bonds. The van der Waals surface area contributed by atoms with E-state index in [1.165, 1.54) is 6.92 Å². The minimum absolute atomic E-state index is 0.118. The van der Waals surface area contributed by atoms with E-state index in [0.29, 0.717) is 11.4 Å². The summed E-state index contributed by atoms with van der Waals surface area (Å²) in [5.74, 6) is -1.00. The first-order valence-corrected chi connectivity index (χ1v) is 8.72. The Hall–Kier alpha value is -3.80. The molecule has 1 heterocycles. The number of oxime groups is 1. The fourth-order valence-corrected chi connectivity index (χ4v) is 2.46. The van der Waals surface area contributed by atoms with Gasteiger partial charge in [0.15, 0.2) is 6.61 Å². The van der Waals surface area contributed by atoms with E-state index in [0.717, 1.165) is 11.1 Å². The van der Waals surface area contributed by atoms with Crippen molar-refractivity contribution < 1.29 is 14.4 Å². The maximum absolute atomic E-state index is 11.5. The van der Waals surface area contributed by atoms with E-state index in [-0.39, 0.29) is 12.4 Å². The second kappa shape index (κ2) is 9.23. The molecule has 140 valence electrons. The van der Waals surface area contributed by atoms with E-state index in [2.05, 4.69) is 15.5 Å². The number of nitrogens with one attached hydrogen (secondary N) is 1. The number of ketones is 1. The van der Waals surface area contributed by atoms with E-state index in [4.69, 9.17) is 4.84 Å². The lowest BCUT2D eigenvalue weighted by atomic mass is 10.0. The molecule has 2 aromatic carbocycles. The first kappa shape index (κ1) is 19.0. The van der Waals surface area contributed by atoms with Crippen molar-refractivity contribution in [2.45, 2.75) is 13.5 Å². The molecular weight excluding hydrogens is 354 g/mol. The lowest BCUT2D eigenvalue weighted by Crippen LogP contribution is -2.20. The Morgan fingerprint density at radius 3 is 2.07 bits per heavy atom. The molecule has 0 fully saturated rings. The Morgan fingerprint density at radius 1 is 0.893 bits per heavy atom. The molecule has 0 saturated carbocycles. The highest BCUT2D eigenvalue weighted by Gasteiger charge is 2.10. The van der Waals surface area contributed by atoms with Crippen LogP contribution in [0.25, 0.3) is 0 Å². The van der Waals surface area contributed by atoms with Gasteiger partial charge < -0.3 is 10.2 Å². The number of aromatic nitrogens is 1. The van der Waals surface area contributed by atoms with Crippen molar-refractivity contribution in [2.24, 2.45) is 5.16 Å². The number of carbonyl (C=O) groups is 2. The molecule has 0 saturated heterocycles. The molecule has 0 unspecified atom stereocenters. The van der Waals surface area contributed by atoms with E-state index >= 15 is 0 Å². The molecule has 1 N–H and O–H groups in total. The van der Waals surface area contributed by atoms with Crippen LogP contribution in [-0.2, 0) is 21.0 Å². The van der Waals surface area contributed by atoms with Crippen LogP contribution >= 0.6 is 0 Å². The van der Waals surface area contributed by atoms with Crippen LogP contribution in [-0.4, -0.2) is 22.4 Å². The van der Waals surface area contributed by atoms with Gasteiger partial charge >= 0.3 is 0 Å². The lowest BCUT2D eigenvalue weighted by molar-refractivity contribution is -0.133. The minimum atomic E-state index is -0.709. The van der Waals surface area contributed by atoms with E-state index < -0.39 is 11.7 Å². The molecule has 3 aromatic rings. The number of amides is 1. The molecule has 28 heavy (non-hydrogen) atoms. The van der Waals surface area contributed by atoms with Crippen molar-refractivity contribution in [3.63, 3.8) is 0 Å². The van der Waals surface area contributed by atoms with Gasteiger partial charge in [0.2, 0.25) is 5.78 Å². The van der Waals surface area contributed by atoms with Gasteiger partial charge in [-0.15, -0.1) is 0 Å². The molecule has 0 aliphatic rings. The maximum atomic E-state index is 11.5. The summed E-state index contributed by atoms with van der Waals surface area (Å²) in [4.78, 5) is 32.4. The first-order chi connectivity index (χ1) is 13.6. The molecule has 0 bridgehead atoms. The Balaban J connectivity index is 1.76. The number of hydrogen-bond acceptors (Lipinski definition) is 5. The molecule has 0 atom stereocenters. The predicted molar refractivity (Wildman–Crippen MR) is 107 cm³/mol. The number of pyridine rings is 1. The Bertz CT molecular complexity index is 945. The quantitative estimate of drug-likeness (QED) is 0.390. The van der Waals surface area contributed by atoms with Gasteiger partial charge in [0.1, 0.15) is 11.5 Å². The summed E-state index contributed by atoms with van der Waals surface area (Å²) in [6.07, 6.45) is 0. The van der Waals surface area contributed by atoms with Crippen molar-refractivity contribution in [1.82, 2.24) is 4.98 Å². The normalized spacial score (nSPS) is 10.0. The Kier molecular flexibility index (Phi) is 6.25. The summed E-state index contributed by atoms with van der Waals surface area (Å²) >= 11 is 0. The van der Waals surface area contributed by atoms with Gasteiger partial charge in [-0.2, -0.15) is 0 Å². The first-order valence-electron chi connectivity index (χ1n) is 8.72. The number of hydrogen-bond donors (Lipinski definition) is 1. The average Bonchev–Trinajstić information content (AvgIpc) is 2.73. The van der Waals surface area contributed by atoms with Crippen molar-refractivity contribution in [3.8, 4) is 0 Å². The molecular formula is C22H19N3O3. The second-order valence-electron chi connectivity index (χ2n) is 5.97. The zero-order valence-electron chi connectivity index (χ0n) is 15.3. The lowest BCUT2D eigenvalue weighted by Gasteiger charge is -2.08. The standard InChI is InChI=1S/C22H19N3O3/c1-16(26)22(27)24-20-14-8-13-19(23-20)15-28-25-21(17-9-4-2-5-10-17)18-11-6-3-7-12-18/h2-14H,15H2,1H3,(H,23,24,27). The third kappa shape index (κ3) is 5.11. The topological polar surface area (TPSA) is 80.7 Å². The monoisotopic (exact) mass is 373 g/mol. The number of anilines is 1. The summed E-state index contributed by atoms with van der Waals surface area (Å²) < 4.78 is 0. The van der Waals surface area contributed by atoms with Crippen LogP contribution < -0.4 is 5.32 Å². The van der Waals surface area contributed by atoms with Crippen LogP contribution in [0.2, 0.25) is 0 Å². The summed E-state index contributed by atoms with van der Waals surface area (Å²) in [6.45, 7) is 1.32. The van der Waals surface area contributed by atoms with Crippen molar-refractivity contribution in [2.75, 3.05) is 5.32 Å². The van der Waals surface area contributed by atoms with Crippen molar-refractivity contribution in [1.29, 1.82) is 0 Å². The van der Waals surface area contributed by atoms with E-state index in [9.17, 15) is 9.59 Å². The van der Waals surface area contributed by atoms with Gasteiger partial charge in [-0.1, -0.05) is 71.9 Å². The molecule has 6 heteroatoms. The third-order valence-electron chi connectivity index (χ3n) is 3.83. The van der Waals surface area contributed by atoms with Gasteiger partial charge in [0, 0.05) is 18.1 Å². The van der Waals surface area contributed by atoms with Crippen LogP contribution in [0.15, 0.2) is 84.0 Å². The number of rotatable bonds is 7. The number of benzene rings is 2. The molecule has 0 spiro atoms. The average molecular weight is 373 g/mol. The SMILES string of the molecule is CC(=O)C(=O)Nc1cccc(CON=C(c2ccccc2)c2ccccc2)n1. The van der Waals surface area contributed by atoms with Crippen molar-refractivity contribution >= 4 is 23.2 Å². The molecule has 6 nitrogen and oxygen atoms in total. The molecule has 1 aromatic heterocycles. The maximum Gasteiger partial charge on any atom is 0.292 e. The number of Topliss-reactive ketones (excluding diaryl/α,β-unsaturated/α-hetero) is 1. The van der Waals surface area contributed by atoms with Gasteiger partial charge in [-0.05, 0) is 12.1 Å². The van der Waals surface area contributed by atoms with E-state index in [1.54, 1.807) is 18.2 Å². The summed E-state index contributed by atoms with van der Waals surface area (Å²) in [7, 11) is 0. The number of carbonyl (C=O) groups excluding carboxylic acids is 2. The van der Waals surface area contributed by atoms with Gasteiger partial charge in [0.05, 0.1) is 5.69 Å². The van der Waals surface area contributed by atoms with Crippen LogP contribution in [0.1, 0.15) is 23.7 Å². The highest BCUT2D eigenvalue weighted by molar-refractivity contribution is 6.39. The Morgan fingerprint density at radius 2 is 1.50 bits per heavy atom. The molecule has 0 aliphatic heterocycles. The summed E-state index contributed by atoms with van der Waals surface area (Å²) in [5, 5.41) is 6.76. The smallest absolute Gasteiger partial charge is 0.292 e.